The fourth-order valence-corrected chi connectivity index (χ4v) is 8.27. The summed E-state index contributed by atoms with van der Waals surface area (Å²) in [6.45, 7) is 0. The van der Waals surface area contributed by atoms with Crippen LogP contribution in [0.3, 0.4) is 0 Å². The minimum Gasteiger partial charge on any atom is -0.405 e. The maximum atomic E-state index is 5.67. The highest BCUT2D eigenvalue weighted by Crippen LogP contribution is 2.48. The molecule has 11 heteroatoms. The zero-order valence-electron chi connectivity index (χ0n) is 11.9. The van der Waals surface area contributed by atoms with Crippen molar-refractivity contribution in [3.8, 4) is 17.8 Å². The summed E-state index contributed by atoms with van der Waals surface area (Å²) in [7, 11) is 0. The van der Waals surface area contributed by atoms with Crippen molar-refractivity contribution in [2.75, 3.05) is 0 Å². The SMILES string of the molecule is Brc1c(Br)c(Br)c(CC#COc2c(Br)c(Br)c(Br)c(Br)c2Br)c(Br)c1Br. The van der Waals surface area contributed by atoms with E-state index >= 15 is 0 Å². The summed E-state index contributed by atoms with van der Waals surface area (Å²) in [5.41, 5.74) is 0.999. The van der Waals surface area contributed by atoms with Crippen LogP contribution in [0.5, 0.6) is 5.75 Å². The van der Waals surface area contributed by atoms with Gasteiger partial charge < -0.3 is 4.74 Å². The van der Waals surface area contributed by atoms with Gasteiger partial charge in [-0.2, -0.15) is 0 Å². The van der Waals surface area contributed by atoms with Crippen molar-refractivity contribution in [1.29, 1.82) is 0 Å². The molecule has 138 valence electrons. The normalized spacial score (nSPS) is 10.5. The van der Waals surface area contributed by atoms with Crippen LogP contribution in [0.2, 0.25) is 0 Å². The number of benzene rings is 2. The van der Waals surface area contributed by atoms with Gasteiger partial charge in [-0.15, -0.1) is 0 Å². The number of hydrogen-bond donors (Lipinski definition) is 0. The summed E-state index contributed by atoms with van der Waals surface area (Å²) in [5, 5.41) is 0. The van der Waals surface area contributed by atoms with Crippen LogP contribution in [-0.2, 0) is 6.42 Å². The molecule has 0 bridgehead atoms. The number of rotatable bonds is 2. The summed E-state index contributed by atoms with van der Waals surface area (Å²) in [5.74, 6) is 3.62. The topological polar surface area (TPSA) is 9.23 Å². The van der Waals surface area contributed by atoms with Gasteiger partial charge in [0.2, 0.25) is 0 Å². The van der Waals surface area contributed by atoms with E-state index in [0.717, 1.165) is 50.3 Å². The number of ether oxygens (including phenoxy) is 1. The van der Waals surface area contributed by atoms with Gasteiger partial charge in [-0.25, -0.2) is 0 Å². The van der Waals surface area contributed by atoms with Crippen LogP contribution in [0.1, 0.15) is 5.56 Å². The zero-order valence-corrected chi connectivity index (χ0v) is 27.8. The van der Waals surface area contributed by atoms with Crippen molar-refractivity contribution < 1.29 is 4.74 Å². The first-order chi connectivity index (χ1) is 12.1. The fraction of sp³-hybridized carbons (Fsp3) is 0.0667. The van der Waals surface area contributed by atoms with Crippen molar-refractivity contribution in [3.63, 3.8) is 0 Å². The van der Waals surface area contributed by atoms with E-state index in [2.05, 4.69) is 171 Å². The van der Waals surface area contributed by atoms with E-state index in [-0.39, 0.29) is 0 Å². The van der Waals surface area contributed by atoms with E-state index in [1.807, 2.05) is 0 Å². The minimum atomic E-state index is 0.486. The Morgan fingerprint density at radius 3 is 1.27 bits per heavy atom. The van der Waals surface area contributed by atoms with Crippen LogP contribution >= 0.6 is 159 Å². The monoisotopic (exact) mass is 987 g/mol. The molecule has 1 nitrogen and oxygen atoms in total. The molecular weight excluding hydrogens is 995 g/mol. The molecule has 0 aliphatic heterocycles. The second kappa shape index (κ2) is 10.8. The number of halogens is 10. The van der Waals surface area contributed by atoms with Gasteiger partial charge in [0.1, 0.15) is 6.11 Å². The molecule has 2 aromatic rings. The molecule has 0 aliphatic rings. The predicted molar refractivity (Wildman–Crippen MR) is 142 cm³/mol. The van der Waals surface area contributed by atoms with E-state index in [4.69, 9.17) is 4.74 Å². The molecule has 0 saturated heterocycles. The van der Waals surface area contributed by atoms with Crippen LogP contribution in [0.4, 0.5) is 0 Å². The van der Waals surface area contributed by atoms with Crippen molar-refractivity contribution in [1.82, 2.24) is 0 Å². The van der Waals surface area contributed by atoms with E-state index in [1.165, 1.54) is 0 Å². The highest BCUT2D eigenvalue weighted by molar-refractivity contribution is 9.16. The first-order valence-corrected chi connectivity index (χ1v) is 14.2. The average Bonchev–Trinajstić information content (AvgIpc) is 2.63. The van der Waals surface area contributed by atoms with E-state index in [0.29, 0.717) is 12.2 Å². The van der Waals surface area contributed by atoms with Crippen LogP contribution in [0, 0.1) is 12.0 Å². The van der Waals surface area contributed by atoms with Gasteiger partial charge in [-0.1, -0.05) is 5.92 Å². The lowest BCUT2D eigenvalue weighted by Gasteiger charge is -2.12. The molecule has 0 amide bonds. The third-order valence-electron chi connectivity index (χ3n) is 2.96. The predicted octanol–water partition coefficient (Wildman–Crippen LogP) is 10.9. The lowest BCUT2D eigenvalue weighted by molar-refractivity contribution is 0.511. The highest BCUT2D eigenvalue weighted by Gasteiger charge is 2.19. The smallest absolute Gasteiger partial charge is 0.170 e. The van der Waals surface area contributed by atoms with Crippen molar-refractivity contribution in [2.45, 2.75) is 6.42 Å². The third-order valence-corrected chi connectivity index (χ3v) is 15.2. The van der Waals surface area contributed by atoms with Gasteiger partial charge in [0.05, 0.1) is 17.9 Å². The average molecular weight is 997 g/mol. The molecule has 0 spiro atoms. The molecule has 0 N–H and O–H groups in total. The molecule has 2 rings (SSSR count). The Kier molecular flexibility index (Phi) is 10.3. The molecule has 0 aromatic heterocycles. The summed E-state index contributed by atoms with van der Waals surface area (Å²) < 4.78 is 14.3. The molecule has 0 radical (unpaired) electrons. The maximum absolute atomic E-state index is 5.67. The second-order valence-corrected chi connectivity index (χ2v) is 12.4. The van der Waals surface area contributed by atoms with Gasteiger partial charge in [-0.3, -0.25) is 0 Å². The van der Waals surface area contributed by atoms with Crippen molar-refractivity contribution in [3.05, 3.63) is 50.3 Å². The van der Waals surface area contributed by atoms with Crippen LogP contribution < -0.4 is 4.74 Å². The Hall–Kier alpha value is 2.60. The molecular formula is C15H2Br10O. The van der Waals surface area contributed by atoms with E-state index in [9.17, 15) is 0 Å². The molecule has 0 heterocycles. The van der Waals surface area contributed by atoms with Crippen LogP contribution in [0.25, 0.3) is 0 Å². The van der Waals surface area contributed by atoms with Crippen LogP contribution in [0.15, 0.2) is 44.7 Å². The van der Waals surface area contributed by atoms with Gasteiger partial charge in [0.25, 0.3) is 0 Å². The third kappa shape index (κ3) is 5.25. The molecule has 0 saturated carbocycles. The Morgan fingerprint density at radius 2 is 0.846 bits per heavy atom. The standard InChI is InChI=1S/C15H2Br10O/c16-5-4(6(17)8(19)9(20)7(5)18)2-1-3-26-15-13(24)11(22)10(21)12(23)14(15)25/h2H2. The first-order valence-electron chi connectivity index (χ1n) is 6.26. The van der Waals surface area contributed by atoms with Crippen molar-refractivity contribution in [2.24, 2.45) is 0 Å². The summed E-state index contributed by atoms with van der Waals surface area (Å²) in [6.07, 6.45) is 3.25. The lowest BCUT2D eigenvalue weighted by atomic mass is 10.2. The Bertz CT molecular complexity index is 824. The maximum Gasteiger partial charge on any atom is 0.170 e. The Balaban J connectivity index is 2.33. The van der Waals surface area contributed by atoms with Crippen molar-refractivity contribution >= 4 is 159 Å². The molecule has 0 aliphatic carbocycles. The van der Waals surface area contributed by atoms with Gasteiger partial charge in [0, 0.05) is 33.3 Å². The first kappa shape index (κ1) is 24.9. The lowest BCUT2D eigenvalue weighted by Crippen LogP contribution is -1.93. The summed E-state index contributed by atoms with van der Waals surface area (Å²) in [4.78, 5) is 0. The van der Waals surface area contributed by atoms with Gasteiger partial charge in [-0.05, 0) is 165 Å². The second-order valence-electron chi connectivity index (χ2n) is 4.51. The number of hydrogen-bond acceptors (Lipinski definition) is 1. The van der Waals surface area contributed by atoms with Gasteiger partial charge >= 0.3 is 0 Å². The summed E-state index contributed by atoms with van der Waals surface area (Å²) >= 11 is 35.3. The molecule has 0 atom stereocenters. The Labute approximate surface area is 234 Å². The Morgan fingerprint density at radius 1 is 0.500 bits per heavy atom. The molecule has 2 aromatic carbocycles. The summed E-state index contributed by atoms with van der Waals surface area (Å²) in [6, 6.07) is 0. The quantitative estimate of drug-likeness (QED) is 0.166. The molecule has 0 fully saturated rings. The zero-order chi connectivity index (χ0) is 19.8. The van der Waals surface area contributed by atoms with E-state index in [1.54, 1.807) is 0 Å². The largest absolute Gasteiger partial charge is 0.405 e. The molecule has 0 unspecified atom stereocenters. The highest BCUT2D eigenvalue weighted by atomic mass is 79.9. The van der Waals surface area contributed by atoms with Crippen LogP contribution in [-0.4, -0.2) is 0 Å². The van der Waals surface area contributed by atoms with Gasteiger partial charge in [0.15, 0.2) is 5.75 Å². The minimum absolute atomic E-state index is 0.486. The molecule has 26 heavy (non-hydrogen) atoms. The fourth-order valence-electron chi connectivity index (χ4n) is 1.69. The van der Waals surface area contributed by atoms with E-state index < -0.39 is 0 Å².